The number of carbonyl (C=O) groups is 1. The molecule has 0 spiro atoms. The topological polar surface area (TPSA) is 106 Å². The average Bonchev–Trinajstić information content (AvgIpc) is 2.29. The van der Waals surface area contributed by atoms with E-state index in [1.165, 1.54) is 12.5 Å². The molecule has 0 aromatic heterocycles. The predicted octanol–water partition coefficient (Wildman–Crippen LogP) is -0.00540. The fourth-order valence-electron chi connectivity index (χ4n) is 1.31. The van der Waals surface area contributed by atoms with Crippen LogP contribution in [-0.2, 0) is 11.2 Å². The number of carbonyl (C=O) groups excluding carboxylic acids is 1. The summed E-state index contributed by atoms with van der Waals surface area (Å²) in [5.41, 5.74) is 12.1. The Kier molecular flexibility index (Phi) is 5.37. The van der Waals surface area contributed by atoms with Crippen LogP contribution in [0.4, 0.5) is 0 Å². The molecule has 0 heterocycles. The van der Waals surface area contributed by atoms with Crippen molar-refractivity contribution in [3.8, 4) is 0 Å². The smallest absolute Gasteiger partial charge is 0.223 e. The zero-order valence-electron chi connectivity index (χ0n) is 10.3. The van der Waals surface area contributed by atoms with Gasteiger partial charge in [0, 0.05) is 13.5 Å². The second-order valence-corrected chi connectivity index (χ2v) is 3.65. The minimum absolute atomic E-state index is 0.0524. The van der Waals surface area contributed by atoms with Gasteiger partial charge in [0.15, 0.2) is 0 Å². The summed E-state index contributed by atoms with van der Waals surface area (Å²) in [5, 5.41) is 2.31. The van der Waals surface area contributed by atoms with Crippen molar-refractivity contribution >= 4 is 17.8 Å². The fourth-order valence-corrected chi connectivity index (χ4v) is 1.31. The second kappa shape index (κ2) is 7.05. The van der Waals surface area contributed by atoms with Gasteiger partial charge in [0.1, 0.15) is 0 Å². The molecule has 1 rings (SSSR count). The summed E-state index contributed by atoms with van der Waals surface area (Å²) in [4.78, 5) is 18.5. The predicted molar refractivity (Wildman–Crippen MR) is 72.1 cm³/mol. The van der Waals surface area contributed by atoms with Gasteiger partial charge in [0.05, 0.1) is 0 Å². The van der Waals surface area contributed by atoms with Crippen molar-refractivity contribution < 1.29 is 4.79 Å². The molecule has 0 aliphatic rings. The Balaban J connectivity index is 2.45. The van der Waals surface area contributed by atoms with Gasteiger partial charge in [-0.3, -0.25) is 15.1 Å². The van der Waals surface area contributed by atoms with Gasteiger partial charge in [-0.1, -0.05) is 30.3 Å². The minimum atomic E-state index is -0.298. The van der Waals surface area contributed by atoms with Crippen LogP contribution in [-0.4, -0.2) is 24.4 Å². The molecular weight excluding hydrogens is 230 g/mol. The van der Waals surface area contributed by atoms with Crippen molar-refractivity contribution in [3.05, 3.63) is 35.9 Å². The Hall–Kier alpha value is -2.37. The quantitative estimate of drug-likeness (QED) is 0.516. The lowest BCUT2D eigenvalue weighted by atomic mass is 10.2. The summed E-state index contributed by atoms with van der Waals surface area (Å²) in [6.07, 6.45) is 0.775. The van der Waals surface area contributed by atoms with Crippen molar-refractivity contribution in [2.24, 2.45) is 21.5 Å². The Morgan fingerprint density at radius 2 is 1.94 bits per heavy atom. The summed E-state index contributed by atoms with van der Waals surface area (Å²) < 4.78 is 0. The highest BCUT2D eigenvalue weighted by atomic mass is 16.1. The van der Waals surface area contributed by atoms with Crippen molar-refractivity contribution in [2.45, 2.75) is 13.3 Å². The van der Waals surface area contributed by atoms with E-state index in [2.05, 4.69) is 15.3 Å². The van der Waals surface area contributed by atoms with Gasteiger partial charge in [-0.25, -0.2) is 0 Å². The van der Waals surface area contributed by atoms with Crippen LogP contribution < -0.4 is 16.8 Å². The van der Waals surface area contributed by atoms with Gasteiger partial charge in [-0.05, 0) is 12.0 Å². The molecule has 96 valence electrons. The summed E-state index contributed by atoms with van der Waals surface area (Å²) >= 11 is 0. The van der Waals surface area contributed by atoms with E-state index < -0.39 is 0 Å². The number of nitrogens with one attached hydrogen (secondary N) is 1. The molecule has 6 nitrogen and oxygen atoms in total. The molecule has 1 aromatic rings. The second-order valence-electron chi connectivity index (χ2n) is 3.65. The number of hydrogen-bond acceptors (Lipinski definition) is 2. The largest absolute Gasteiger partial charge is 0.369 e. The Labute approximate surface area is 106 Å². The van der Waals surface area contributed by atoms with Crippen LogP contribution in [0.1, 0.15) is 12.5 Å². The molecular formula is C12H17N5O. The van der Waals surface area contributed by atoms with Gasteiger partial charge in [0.2, 0.25) is 17.8 Å². The molecule has 0 saturated carbocycles. The fraction of sp³-hybridized carbons (Fsp3) is 0.250. The highest BCUT2D eigenvalue weighted by Crippen LogP contribution is 1.99. The van der Waals surface area contributed by atoms with Crippen molar-refractivity contribution in [2.75, 3.05) is 6.54 Å². The lowest BCUT2D eigenvalue weighted by molar-refractivity contribution is -0.117. The van der Waals surface area contributed by atoms with E-state index >= 15 is 0 Å². The van der Waals surface area contributed by atoms with E-state index in [-0.39, 0.29) is 17.8 Å². The third-order valence-electron chi connectivity index (χ3n) is 2.06. The van der Waals surface area contributed by atoms with E-state index in [0.717, 1.165) is 6.42 Å². The summed E-state index contributed by atoms with van der Waals surface area (Å²) in [7, 11) is 0. The maximum atomic E-state index is 10.7. The highest BCUT2D eigenvalue weighted by molar-refractivity contribution is 6.00. The van der Waals surface area contributed by atoms with Crippen molar-refractivity contribution in [3.63, 3.8) is 0 Å². The average molecular weight is 247 g/mol. The van der Waals surface area contributed by atoms with Gasteiger partial charge >= 0.3 is 0 Å². The van der Waals surface area contributed by atoms with E-state index in [1.54, 1.807) is 0 Å². The number of rotatable bonds is 3. The molecule has 0 radical (unpaired) electrons. The van der Waals surface area contributed by atoms with Crippen LogP contribution in [0.3, 0.4) is 0 Å². The van der Waals surface area contributed by atoms with Crippen LogP contribution in [0.5, 0.6) is 0 Å². The third kappa shape index (κ3) is 5.64. The molecule has 0 unspecified atom stereocenters. The molecule has 0 fully saturated rings. The maximum Gasteiger partial charge on any atom is 0.223 e. The Morgan fingerprint density at radius 3 is 2.56 bits per heavy atom. The molecule has 0 bridgehead atoms. The van der Waals surface area contributed by atoms with E-state index in [9.17, 15) is 4.79 Å². The van der Waals surface area contributed by atoms with Crippen molar-refractivity contribution in [1.29, 1.82) is 0 Å². The van der Waals surface area contributed by atoms with E-state index in [0.29, 0.717) is 6.54 Å². The van der Waals surface area contributed by atoms with Crippen LogP contribution in [0, 0.1) is 0 Å². The first-order valence-corrected chi connectivity index (χ1v) is 5.53. The molecule has 18 heavy (non-hydrogen) atoms. The summed E-state index contributed by atoms with van der Waals surface area (Å²) in [6, 6.07) is 9.92. The number of hydrogen-bond donors (Lipinski definition) is 3. The van der Waals surface area contributed by atoms with Gasteiger partial charge in [-0.15, -0.1) is 0 Å². The normalized spacial score (nSPS) is 12.3. The molecule has 0 aliphatic carbocycles. The molecule has 6 heteroatoms. The zero-order chi connectivity index (χ0) is 13.4. The molecule has 1 amide bonds. The molecule has 5 N–H and O–H groups in total. The Bertz CT molecular complexity index is 453. The van der Waals surface area contributed by atoms with Crippen LogP contribution >= 0.6 is 0 Å². The standard InChI is InChI=1S/C12H17N5O/c1-9(18)16-12(14)17-11(13)15-8-7-10-5-3-2-4-6-10/h2-6H,7-8H2,1H3,(H5,13,14,15,16,17,18). The lowest BCUT2D eigenvalue weighted by Crippen LogP contribution is -2.36. The molecule has 0 saturated heterocycles. The molecule has 0 aliphatic heterocycles. The Morgan fingerprint density at radius 1 is 1.28 bits per heavy atom. The number of nitrogens with two attached hydrogens (primary N) is 2. The van der Waals surface area contributed by atoms with Crippen molar-refractivity contribution in [1.82, 2.24) is 5.32 Å². The minimum Gasteiger partial charge on any atom is -0.369 e. The first kappa shape index (κ1) is 13.7. The number of amides is 1. The SMILES string of the molecule is CC(=O)NC(N)=NC(N)=NCCc1ccccc1. The van der Waals surface area contributed by atoms with E-state index in [1.807, 2.05) is 30.3 Å². The first-order valence-electron chi connectivity index (χ1n) is 5.53. The summed E-state index contributed by atoms with van der Waals surface area (Å²) in [5.74, 6) is -0.297. The monoisotopic (exact) mass is 247 g/mol. The number of guanidine groups is 2. The maximum absolute atomic E-state index is 10.7. The first-order chi connectivity index (χ1) is 8.58. The number of benzene rings is 1. The van der Waals surface area contributed by atoms with E-state index in [4.69, 9.17) is 11.5 Å². The molecule has 1 aromatic carbocycles. The zero-order valence-corrected chi connectivity index (χ0v) is 10.3. The highest BCUT2D eigenvalue weighted by Gasteiger charge is 1.96. The summed E-state index contributed by atoms with van der Waals surface area (Å²) in [6.45, 7) is 1.86. The molecule has 0 atom stereocenters. The van der Waals surface area contributed by atoms with Gasteiger partial charge in [-0.2, -0.15) is 4.99 Å². The van der Waals surface area contributed by atoms with Crippen LogP contribution in [0.15, 0.2) is 40.3 Å². The number of nitrogens with zero attached hydrogens (tertiary/aromatic N) is 2. The van der Waals surface area contributed by atoms with Gasteiger partial charge < -0.3 is 11.5 Å². The lowest BCUT2D eigenvalue weighted by Gasteiger charge is -2.00. The van der Waals surface area contributed by atoms with Gasteiger partial charge in [0.25, 0.3) is 0 Å². The van der Waals surface area contributed by atoms with Crippen LogP contribution in [0.2, 0.25) is 0 Å². The number of aliphatic imine (C=N–C) groups is 2. The third-order valence-corrected chi connectivity index (χ3v) is 2.06. The van der Waals surface area contributed by atoms with Crippen LogP contribution in [0.25, 0.3) is 0 Å².